The molecule has 0 fully saturated rings. The van der Waals surface area contributed by atoms with Crippen LogP contribution in [0, 0.1) is 5.41 Å². The minimum Gasteiger partial charge on any atom is -0.480 e. The number of carboxylic acids is 1. The number of aromatic nitrogens is 1. The summed E-state index contributed by atoms with van der Waals surface area (Å²) in [4.78, 5) is 26.8. The molecule has 1 aromatic heterocycles. The van der Waals surface area contributed by atoms with E-state index in [2.05, 4.69) is 10.3 Å². The molecule has 1 heterocycles. The number of pyridine rings is 1. The van der Waals surface area contributed by atoms with E-state index in [4.69, 9.17) is 5.11 Å². The maximum absolute atomic E-state index is 11.8. The lowest BCUT2D eigenvalue weighted by Crippen LogP contribution is -2.49. The summed E-state index contributed by atoms with van der Waals surface area (Å²) in [6.45, 7) is 5.32. The van der Waals surface area contributed by atoms with Crippen molar-refractivity contribution in [2.75, 3.05) is 0 Å². The van der Waals surface area contributed by atoms with Gasteiger partial charge in [0.25, 0.3) is 0 Å². The lowest BCUT2D eigenvalue weighted by atomic mass is 9.86. The highest BCUT2D eigenvalue weighted by atomic mass is 16.4. The van der Waals surface area contributed by atoms with Crippen molar-refractivity contribution in [3.8, 4) is 0 Å². The summed E-state index contributed by atoms with van der Waals surface area (Å²) in [7, 11) is 0. The molecule has 0 aromatic carbocycles. The summed E-state index contributed by atoms with van der Waals surface area (Å²) in [5.74, 6) is -1.34. The number of nitrogens with one attached hydrogen (secondary N) is 1. The highest BCUT2D eigenvalue weighted by molar-refractivity contribution is 5.85. The standard InChI is InChI=1S/C13H18N2O3/c1-13(2,3)11(12(17)18)15-10(16)7-9-5-4-6-14-8-9/h4-6,8,11H,7H2,1-3H3,(H,15,16)(H,17,18). The molecule has 98 valence electrons. The number of amides is 1. The number of carboxylic acid groups (broad SMARTS) is 1. The molecule has 1 amide bonds. The third-order valence-corrected chi connectivity index (χ3v) is 2.51. The van der Waals surface area contributed by atoms with Crippen molar-refractivity contribution in [3.05, 3.63) is 30.1 Å². The van der Waals surface area contributed by atoms with Gasteiger partial charge in [0.2, 0.25) is 5.91 Å². The maximum Gasteiger partial charge on any atom is 0.326 e. The van der Waals surface area contributed by atoms with Gasteiger partial charge in [-0.2, -0.15) is 0 Å². The van der Waals surface area contributed by atoms with E-state index < -0.39 is 17.4 Å². The molecular weight excluding hydrogens is 232 g/mol. The van der Waals surface area contributed by atoms with Crippen molar-refractivity contribution in [1.82, 2.24) is 10.3 Å². The van der Waals surface area contributed by atoms with Crippen LogP contribution in [0.2, 0.25) is 0 Å². The van der Waals surface area contributed by atoms with Crippen LogP contribution in [0.5, 0.6) is 0 Å². The normalized spacial score (nSPS) is 12.8. The topological polar surface area (TPSA) is 79.3 Å². The van der Waals surface area contributed by atoms with Gasteiger partial charge < -0.3 is 10.4 Å². The predicted octanol–water partition coefficient (Wildman–Crippen LogP) is 1.24. The van der Waals surface area contributed by atoms with Gasteiger partial charge in [-0.25, -0.2) is 4.79 Å². The lowest BCUT2D eigenvalue weighted by molar-refractivity contribution is -0.144. The van der Waals surface area contributed by atoms with Gasteiger partial charge in [-0.15, -0.1) is 0 Å². The summed E-state index contributed by atoms with van der Waals surface area (Å²) in [6, 6.07) is 2.61. The molecule has 5 heteroatoms. The molecule has 1 aromatic rings. The summed E-state index contributed by atoms with van der Waals surface area (Å²) in [5, 5.41) is 11.6. The summed E-state index contributed by atoms with van der Waals surface area (Å²) >= 11 is 0. The Morgan fingerprint density at radius 3 is 2.56 bits per heavy atom. The van der Waals surface area contributed by atoms with E-state index in [1.807, 2.05) is 0 Å². The van der Waals surface area contributed by atoms with Crippen molar-refractivity contribution in [3.63, 3.8) is 0 Å². The Balaban J connectivity index is 2.66. The number of nitrogens with zero attached hydrogens (tertiary/aromatic N) is 1. The third kappa shape index (κ3) is 4.16. The maximum atomic E-state index is 11.8. The molecule has 0 saturated heterocycles. The quantitative estimate of drug-likeness (QED) is 0.842. The molecule has 0 aliphatic rings. The Morgan fingerprint density at radius 1 is 1.44 bits per heavy atom. The van der Waals surface area contributed by atoms with E-state index in [-0.39, 0.29) is 12.3 Å². The Kier molecular flexibility index (Phi) is 4.42. The van der Waals surface area contributed by atoms with Crippen LogP contribution < -0.4 is 5.32 Å². The van der Waals surface area contributed by atoms with Gasteiger partial charge >= 0.3 is 5.97 Å². The summed E-state index contributed by atoms with van der Waals surface area (Å²) in [6.07, 6.45) is 3.34. The minimum atomic E-state index is -1.03. The van der Waals surface area contributed by atoms with Crippen molar-refractivity contribution in [1.29, 1.82) is 0 Å². The van der Waals surface area contributed by atoms with Gasteiger partial charge in [0.05, 0.1) is 6.42 Å². The number of rotatable bonds is 4. The zero-order valence-corrected chi connectivity index (χ0v) is 10.8. The molecule has 1 unspecified atom stereocenters. The minimum absolute atomic E-state index is 0.133. The average molecular weight is 250 g/mol. The zero-order valence-electron chi connectivity index (χ0n) is 10.8. The Morgan fingerprint density at radius 2 is 2.11 bits per heavy atom. The smallest absolute Gasteiger partial charge is 0.326 e. The van der Waals surface area contributed by atoms with Gasteiger partial charge in [0.15, 0.2) is 0 Å². The fourth-order valence-corrected chi connectivity index (χ4v) is 1.55. The molecule has 18 heavy (non-hydrogen) atoms. The highest BCUT2D eigenvalue weighted by Crippen LogP contribution is 2.19. The van der Waals surface area contributed by atoms with Crippen LogP contribution in [0.3, 0.4) is 0 Å². The van der Waals surface area contributed by atoms with Gasteiger partial charge in [-0.05, 0) is 17.0 Å². The second-order valence-corrected chi connectivity index (χ2v) is 5.24. The van der Waals surface area contributed by atoms with Crippen molar-refractivity contribution in [2.24, 2.45) is 5.41 Å². The molecule has 0 aliphatic carbocycles. The molecule has 0 aliphatic heterocycles. The summed E-state index contributed by atoms with van der Waals surface area (Å²) < 4.78 is 0. The Bertz CT molecular complexity index is 424. The molecule has 1 rings (SSSR count). The molecule has 5 nitrogen and oxygen atoms in total. The van der Waals surface area contributed by atoms with Crippen LogP contribution in [-0.2, 0) is 16.0 Å². The van der Waals surface area contributed by atoms with Crippen LogP contribution in [0.25, 0.3) is 0 Å². The Hall–Kier alpha value is -1.91. The second-order valence-electron chi connectivity index (χ2n) is 5.24. The van der Waals surface area contributed by atoms with E-state index in [9.17, 15) is 9.59 Å². The molecule has 1 atom stereocenters. The first-order valence-corrected chi connectivity index (χ1v) is 5.72. The predicted molar refractivity (Wildman–Crippen MR) is 67.0 cm³/mol. The molecule has 0 saturated carbocycles. The Labute approximate surface area is 106 Å². The number of carbonyl (C=O) groups is 2. The van der Waals surface area contributed by atoms with Gasteiger partial charge in [-0.3, -0.25) is 9.78 Å². The van der Waals surface area contributed by atoms with Gasteiger partial charge in [-0.1, -0.05) is 26.8 Å². The fourth-order valence-electron chi connectivity index (χ4n) is 1.55. The molecule has 0 spiro atoms. The molecule has 0 radical (unpaired) electrons. The van der Waals surface area contributed by atoms with E-state index in [1.54, 1.807) is 45.3 Å². The number of hydrogen-bond acceptors (Lipinski definition) is 3. The van der Waals surface area contributed by atoms with E-state index in [0.717, 1.165) is 5.56 Å². The van der Waals surface area contributed by atoms with Crippen molar-refractivity contribution in [2.45, 2.75) is 33.2 Å². The van der Waals surface area contributed by atoms with Crippen molar-refractivity contribution >= 4 is 11.9 Å². The van der Waals surface area contributed by atoms with Gasteiger partial charge in [0, 0.05) is 12.4 Å². The summed E-state index contributed by atoms with van der Waals surface area (Å²) in [5.41, 5.74) is 0.226. The molecule has 0 bridgehead atoms. The van der Waals surface area contributed by atoms with E-state index >= 15 is 0 Å². The van der Waals surface area contributed by atoms with Crippen molar-refractivity contribution < 1.29 is 14.7 Å². The first-order chi connectivity index (χ1) is 8.30. The third-order valence-electron chi connectivity index (χ3n) is 2.51. The first kappa shape index (κ1) is 14.2. The van der Waals surface area contributed by atoms with Crippen LogP contribution in [0.4, 0.5) is 0 Å². The largest absolute Gasteiger partial charge is 0.480 e. The fraction of sp³-hybridized carbons (Fsp3) is 0.462. The van der Waals surface area contributed by atoms with Crippen LogP contribution in [-0.4, -0.2) is 28.0 Å². The average Bonchev–Trinajstić information content (AvgIpc) is 2.25. The monoisotopic (exact) mass is 250 g/mol. The van der Waals surface area contributed by atoms with E-state index in [0.29, 0.717) is 0 Å². The van der Waals surface area contributed by atoms with Crippen LogP contribution in [0.15, 0.2) is 24.5 Å². The van der Waals surface area contributed by atoms with E-state index in [1.165, 1.54) is 0 Å². The molecular formula is C13H18N2O3. The van der Waals surface area contributed by atoms with Gasteiger partial charge in [0.1, 0.15) is 6.04 Å². The van der Waals surface area contributed by atoms with Crippen LogP contribution in [0.1, 0.15) is 26.3 Å². The number of carbonyl (C=O) groups excluding carboxylic acids is 1. The first-order valence-electron chi connectivity index (χ1n) is 5.72. The van der Waals surface area contributed by atoms with Crippen LogP contribution >= 0.6 is 0 Å². The number of hydrogen-bond donors (Lipinski definition) is 2. The second kappa shape index (κ2) is 5.62. The lowest BCUT2D eigenvalue weighted by Gasteiger charge is -2.27. The molecule has 2 N–H and O–H groups in total. The number of aliphatic carboxylic acids is 1. The highest BCUT2D eigenvalue weighted by Gasteiger charge is 2.32. The SMILES string of the molecule is CC(C)(C)C(NC(=O)Cc1cccnc1)C(=O)O. The zero-order chi connectivity index (χ0) is 13.8.